The molecule has 2 aliphatic rings. The summed E-state index contributed by atoms with van der Waals surface area (Å²) in [7, 11) is 0. The molecular weight excluding hydrogens is 379 g/mol. The second kappa shape index (κ2) is 7.69. The summed E-state index contributed by atoms with van der Waals surface area (Å²) in [6.45, 7) is 6.82. The zero-order chi connectivity index (χ0) is 20.7. The summed E-state index contributed by atoms with van der Waals surface area (Å²) in [5.74, 6) is 0.574. The Hall–Kier alpha value is -2.99. The van der Waals surface area contributed by atoms with Crippen molar-refractivity contribution in [1.29, 1.82) is 0 Å². The molecule has 0 fully saturated rings. The molecule has 0 unspecified atom stereocenters. The van der Waals surface area contributed by atoms with Gasteiger partial charge in [0.1, 0.15) is 5.82 Å². The lowest BCUT2D eigenvalue weighted by molar-refractivity contribution is 0.239. The number of halogens is 1. The second-order valence-corrected chi connectivity index (χ2v) is 8.23. The van der Waals surface area contributed by atoms with Gasteiger partial charge in [0.05, 0.1) is 5.56 Å². The van der Waals surface area contributed by atoms with Gasteiger partial charge in [-0.15, -0.1) is 0 Å². The molecule has 0 saturated heterocycles. The topological polar surface area (TPSA) is 41.4 Å². The number of anilines is 1. The van der Waals surface area contributed by atoms with Crippen LogP contribution >= 0.6 is 0 Å². The number of hydrogen-bond donors (Lipinski definition) is 0. The largest absolute Gasteiger partial charge is 0.336 e. The Morgan fingerprint density at radius 2 is 1.80 bits per heavy atom. The lowest BCUT2D eigenvalue weighted by atomic mass is 10.1. The first-order chi connectivity index (χ1) is 14.6. The molecule has 0 bridgehead atoms. The van der Waals surface area contributed by atoms with Gasteiger partial charge in [-0.2, -0.15) is 4.98 Å². The highest BCUT2D eigenvalue weighted by Crippen LogP contribution is 2.27. The Labute approximate surface area is 175 Å². The molecule has 154 valence electrons. The number of aromatic nitrogens is 2. The molecule has 3 heterocycles. The maximum atomic E-state index is 13.2. The van der Waals surface area contributed by atoms with Crippen molar-refractivity contribution < 1.29 is 4.39 Å². The van der Waals surface area contributed by atoms with Crippen molar-refractivity contribution in [1.82, 2.24) is 14.5 Å². The number of fused-ring (bicyclic) bond motifs is 3. The van der Waals surface area contributed by atoms with Crippen LogP contribution in [0.1, 0.15) is 27.9 Å². The predicted octanol–water partition coefficient (Wildman–Crippen LogP) is 3.27. The highest BCUT2D eigenvalue weighted by Gasteiger charge is 2.29. The Kier molecular flexibility index (Phi) is 4.87. The van der Waals surface area contributed by atoms with Crippen molar-refractivity contribution in [2.45, 2.75) is 39.5 Å². The summed E-state index contributed by atoms with van der Waals surface area (Å²) in [4.78, 5) is 21.8. The molecule has 0 spiro atoms. The van der Waals surface area contributed by atoms with Gasteiger partial charge < -0.3 is 9.47 Å². The van der Waals surface area contributed by atoms with E-state index in [9.17, 15) is 9.18 Å². The Balaban J connectivity index is 1.38. The van der Waals surface area contributed by atoms with Gasteiger partial charge >= 0.3 is 0 Å². The van der Waals surface area contributed by atoms with Crippen molar-refractivity contribution >= 4 is 5.95 Å². The summed E-state index contributed by atoms with van der Waals surface area (Å²) in [6.07, 6.45) is 0.833. The van der Waals surface area contributed by atoms with E-state index in [1.165, 1.54) is 23.3 Å². The Morgan fingerprint density at radius 3 is 2.60 bits per heavy atom. The van der Waals surface area contributed by atoms with Gasteiger partial charge in [0, 0.05) is 51.4 Å². The van der Waals surface area contributed by atoms with E-state index in [1.807, 2.05) is 18.2 Å². The predicted molar refractivity (Wildman–Crippen MR) is 115 cm³/mol. The number of hydrogen-bond acceptors (Lipinski definition) is 4. The van der Waals surface area contributed by atoms with Crippen LogP contribution in [0.5, 0.6) is 0 Å². The molecule has 2 aromatic carbocycles. The highest BCUT2D eigenvalue weighted by atomic mass is 19.1. The SMILES string of the molecule is Cc1ccccc1CN1CCn2c1nc(=O)c1c2CCN(Cc2ccc(F)cc2)C1. The number of nitrogens with zero attached hydrogens (tertiary/aromatic N) is 4. The fourth-order valence-electron chi connectivity index (χ4n) is 4.56. The maximum absolute atomic E-state index is 13.2. The van der Waals surface area contributed by atoms with Crippen molar-refractivity contribution in [3.63, 3.8) is 0 Å². The molecule has 0 amide bonds. The normalized spacial score (nSPS) is 15.9. The molecule has 0 N–H and O–H groups in total. The van der Waals surface area contributed by atoms with E-state index >= 15 is 0 Å². The molecule has 6 heteroatoms. The molecule has 3 aromatic rings. The van der Waals surface area contributed by atoms with Crippen LogP contribution in [0.15, 0.2) is 53.3 Å². The minimum Gasteiger partial charge on any atom is -0.336 e. The quantitative estimate of drug-likeness (QED) is 0.669. The highest BCUT2D eigenvalue weighted by molar-refractivity contribution is 5.42. The van der Waals surface area contributed by atoms with Crippen LogP contribution in [-0.4, -0.2) is 27.5 Å². The minimum atomic E-state index is -0.226. The van der Waals surface area contributed by atoms with Crippen LogP contribution in [0, 0.1) is 12.7 Å². The smallest absolute Gasteiger partial charge is 0.279 e. The van der Waals surface area contributed by atoms with Crippen molar-refractivity contribution in [2.24, 2.45) is 0 Å². The summed E-state index contributed by atoms with van der Waals surface area (Å²) in [6, 6.07) is 15.0. The average Bonchev–Trinajstić information content (AvgIpc) is 3.14. The summed E-state index contributed by atoms with van der Waals surface area (Å²) in [5.41, 5.74) is 5.41. The standard InChI is InChI=1S/C24H25FN4O/c1-17-4-2-3-5-19(17)15-28-12-13-29-22-10-11-27(14-18-6-8-20(25)9-7-18)16-21(22)23(30)26-24(28)29/h2-9H,10-16H2,1H3. The lowest BCUT2D eigenvalue weighted by Crippen LogP contribution is -2.37. The van der Waals surface area contributed by atoms with Crippen molar-refractivity contribution in [3.8, 4) is 0 Å². The maximum Gasteiger partial charge on any atom is 0.279 e. The van der Waals surface area contributed by atoms with Crippen LogP contribution in [0.2, 0.25) is 0 Å². The van der Waals surface area contributed by atoms with E-state index in [-0.39, 0.29) is 11.4 Å². The average molecular weight is 404 g/mol. The Bertz CT molecular complexity index is 1140. The van der Waals surface area contributed by atoms with Crippen LogP contribution < -0.4 is 10.5 Å². The summed E-state index contributed by atoms with van der Waals surface area (Å²) >= 11 is 0. The zero-order valence-corrected chi connectivity index (χ0v) is 17.1. The summed E-state index contributed by atoms with van der Waals surface area (Å²) in [5, 5.41) is 0. The van der Waals surface area contributed by atoms with Gasteiger partial charge in [0.25, 0.3) is 5.56 Å². The van der Waals surface area contributed by atoms with Crippen LogP contribution in [0.3, 0.4) is 0 Å². The van der Waals surface area contributed by atoms with E-state index in [2.05, 4.69) is 44.5 Å². The van der Waals surface area contributed by atoms with Crippen LogP contribution in [0.25, 0.3) is 0 Å². The molecule has 1 aromatic heterocycles. The molecule has 0 saturated carbocycles. The van der Waals surface area contributed by atoms with E-state index < -0.39 is 0 Å². The number of rotatable bonds is 4. The van der Waals surface area contributed by atoms with Gasteiger partial charge in [-0.25, -0.2) is 4.39 Å². The third kappa shape index (κ3) is 3.52. The molecule has 0 aliphatic carbocycles. The zero-order valence-electron chi connectivity index (χ0n) is 17.1. The summed E-state index contributed by atoms with van der Waals surface area (Å²) < 4.78 is 15.4. The molecule has 0 atom stereocenters. The molecule has 5 rings (SSSR count). The van der Waals surface area contributed by atoms with E-state index in [0.29, 0.717) is 13.1 Å². The number of benzene rings is 2. The molecule has 0 radical (unpaired) electrons. The van der Waals surface area contributed by atoms with Crippen molar-refractivity contribution in [2.75, 3.05) is 18.0 Å². The van der Waals surface area contributed by atoms with Gasteiger partial charge in [0.15, 0.2) is 0 Å². The van der Waals surface area contributed by atoms with Gasteiger partial charge in [-0.1, -0.05) is 36.4 Å². The van der Waals surface area contributed by atoms with Gasteiger partial charge in [-0.3, -0.25) is 9.69 Å². The number of aryl methyl sites for hydroxylation is 1. The first kappa shape index (κ1) is 19.0. The lowest BCUT2D eigenvalue weighted by Gasteiger charge is -2.30. The molecule has 30 heavy (non-hydrogen) atoms. The third-order valence-corrected chi connectivity index (χ3v) is 6.24. The molecule has 5 nitrogen and oxygen atoms in total. The monoisotopic (exact) mass is 404 g/mol. The van der Waals surface area contributed by atoms with E-state index in [1.54, 1.807) is 0 Å². The first-order valence-corrected chi connectivity index (χ1v) is 10.5. The first-order valence-electron chi connectivity index (χ1n) is 10.5. The Morgan fingerprint density at radius 1 is 1.00 bits per heavy atom. The van der Waals surface area contributed by atoms with E-state index in [0.717, 1.165) is 55.4 Å². The van der Waals surface area contributed by atoms with Gasteiger partial charge in [0.2, 0.25) is 5.95 Å². The fourth-order valence-corrected chi connectivity index (χ4v) is 4.56. The van der Waals surface area contributed by atoms with Crippen LogP contribution in [0.4, 0.5) is 10.3 Å². The minimum absolute atomic E-state index is 0.114. The fraction of sp³-hybridized carbons (Fsp3) is 0.333. The van der Waals surface area contributed by atoms with E-state index in [4.69, 9.17) is 0 Å². The second-order valence-electron chi connectivity index (χ2n) is 8.23. The van der Waals surface area contributed by atoms with Crippen molar-refractivity contribution in [3.05, 3.63) is 92.6 Å². The molecule has 2 aliphatic heterocycles. The third-order valence-electron chi connectivity index (χ3n) is 6.24. The van der Waals surface area contributed by atoms with Crippen LogP contribution in [-0.2, 0) is 32.6 Å². The van der Waals surface area contributed by atoms with Gasteiger partial charge in [-0.05, 0) is 35.7 Å². The molecular formula is C24H25FN4O.